The number of carboxylic acids is 1. The molecule has 0 aliphatic rings. The van der Waals surface area contributed by atoms with Crippen molar-refractivity contribution in [3.63, 3.8) is 0 Å². The second kappa shape index (κ2) is 7.23. The summed E-state index contributed by atoms with van der Waals surface area (Å²) in [5, 5.41) is 13.5. The minimum absolute atomic E-state index is 0.205. The van der Waals surface area contributed by atoms with Crippen molar-refractivity contribution in [2.45, 2.75) is 13.1 Å². The number of aromatic carboxylic acids is 1. The molecule has 0 bridgehead atoms. The predicted molar refractivity (Wildman–Crippen MR) is 89.9 cm³/mol. The van der Waals surface area contributed by atoms with E-state index in [4.69, 9.17) is 0 Å². The number of rotatable bonds is 6. The van der Waals surface area contributed by atoms with Crippen molar-refractivity contribution >= 4 is 5.97 Å². The van der Waals surface area contributed by atoms with E-state index in [0.29, 0.717) is 18.8 Å². The van der Waals surface area contributed by atoms with Crippen LogP contribution in [0.1, 0.15) is 21.6 Å². The fourth-order valence-electron chi connectivity index (χ4n) is 2.56. The van der Waals surface area contributed by atoms with E-state index in [1.54, 1.807) is 41.3 Å². The molecular weight excluding hydrogens is 323 g/mol. The van der Waals surface area contributed by atoms with Crippen LogP contribution in [0.3, 0.4) is 0 Å². The summed E-state index contributed by atoms with van der Waals surface area (Å²) in [7, 11) is 1.88. The molecule has 0 saturated heterocycles. The molecule has 128 valence electrons. The van der Waals surface area contributed by atoms with Crippen LogP contribution in [0.15, 0.2) is 55.0 Å². The maximum atomic E-state index is 13.0. The smallest absolute Gasteiger partial charge is 0.337 e. The van der Waals surface area contributed by atoms with Gasteiger partial charge in [-0.15, -0.1) is 0 Å². The van der Waals surface area contributed by atoms with Crippen molar-refractivity contribution < 1.29 is 14.3 Å². The van der Waals surface area contributed by atoms with Crippen LogP contribution in [-0.4, -0.2) is 37.8 Å². The third kappa shape index (κ3) is 4.07. The van der Waals surface area contributed by atoms with Crippen LogP contribution in [0.2, 0.25) is 0 Å². The predicted octanol–water partition coefficient (Wildman–Crippen LogP) is 2.74. The molecule has 1 aromatic carbocycles. The molecule has 0 atom stereocenters. The van der Waals surface area contributed by atoms with Gasteiger partial charge in [-0.2, -0.15) is 5.10 Å². The molecule has 0 saturated carbocycles. The second-order valence-electron chi connectivity index (χ2n) is 5.74. The van der Waals surface area contributed by atoms with Crippen molar-refractivity contribution in [2.24, 2.45) is 0 Å². The molecule has 0 aliphatic carbocycles. The first-order chi connectivity index (χ1) is 12.0. The number of aromatic nitrogens is 3. The van der Waals surface area contributed by atoms with E-state index in [-0.39, 0.29) is 11.4 Å². The van der Waals surface area contributed by atoms with Gasteiger partial charge in [-0.25, -0.2) is 13.9 Å². The zero-order valence-corrected chi connectivity index (χ0v) is 13.6. The second-order valence-corrected chi connectivity index (χ2v) is 5.74. The summed E-state index contributed by atoms with van der Waals surface area (Å²) >= 11 is 0. The first kappa shape index (κ1) is 16.8. The first-order valence-electron chi connectivity index (χ1n) is 7.68. The Morgan fingerprint density at radius 3 is 2.72 bits per heavy atom. The van der Waals surface area contributed by atoms with Crippen LogP contribution in [0.4, 0.5) is 4.39 Å². The third-order valence-corrected chi connectivity index (χ3v) is 3.72. The fraction of sp³-hybridized carbons (Fsp3) is 0.167. The molecule has 0 aliphatic heterocycles. The van der Waals surface area contributed by atoms with Gasteiger partial charge in [-0.05, 0) is 43.4 Å². The monoisotopic (exact) mass is 340 g/mol. The molecule has 0 unspecified atom stereocenters. The topological polar surface area (TPSA) is 71.2 Å². The summed E-state index contributed by atoms with van der Waals surface area (Å²) in [6.45, 7) is 0.987. The average molecular weight is 340 g/mol. The van der Waals surface area contributed by atoms with Crippen LogP contribution >= 0.6 is 0 Å². The van der Waals surface area contributed by atoms with Gasteiger partial charge in [-0.1, -0.05) is 0 Å². The van der Waals surface area contributed by atoms with Gasteiger partial charge in [-0.3, -0.25) is 9.88 Å². The van der Waals surface area contributed by atoms with E-state index in [2.05, 4.69) is 10.1 Å². The number of hydrogen-bond donors (Lipinski definition) is 1. The Bertz CT molecular complexity index is 877. The van der Waals surface area contributed by atoms with Crippen LogP contribution < -0.4 is 0 Å². The van der Waals surface area contributed by atoms with Gasteiger partial charge in [0.25, 0.3) is 0 Å². The fourth-order valence-corrected chi connectivity index (χ4v) is 2.56. The summed E-state index contributed by atoms with van der Waals surface area (Å²) in [6, 6.07) is 9.24. The van der Waals surface area contributed by atoms with Crippen LogP contribution in [-0.2, 0) is 13.1 Å². The Morgan fingerprint density at radius 1 is 1.24 bits per heavy atom. The molecule has 0 radical (unpaired) electrons. The van der Waals surface area contributed by atoms with E-state index >= 15 is 0 Å². The lowest BCUT2D eigenvalue weighted by molar-refractivity contribution is 0.0694. The molecule has 2 aromatic heterocycles. The van der Waals surface area contributed by atoms with Gasteiger partial charge in [0.15, 0.2) is 0 Å². The van der Waals surface area contributed by atoms with Crippen LogP contribution in [0.5, 0.6) is 0 Å². The maximum Gasteiger partial charge on any atom is 0.337 e. The highest BCUT2D eigenvalue weighted by Gasteiger charge is 2.13. The Labute approximate surface area is 144 Å². The van der Waals surface area contributed by atoms with E-state index in [1.807, 2.05) is 18.1 Å². The average Bonchev–Trinajstić information content (AvgIpc) is 3.04. The number of pyridine rings is 1. The van der Waals surface area contributed by atoms with Gasteiger partial charge in [0.05, 0.1) is 23.1 Å². The number of carbonyl (C=O) groups is 1. The van der Waals surface area contributed by atoms with Gasteiger partial charge in [0.2, 0.25) is 0 Å². The summed E-state index contributed by atoms with van der Waals surface area (Å²) in [6.07, 6.45) is 5.18. The van der Waals surface area contributed by atoms with Crippen molar-refractivity contribution in [3.05, 3.63) is 77.6 Å². The van der Waals surface area contributed by atoms with Gasteiger partial charge in [0.1, 0.15) is 5.82 Å². The minimum Gasteiger partial charge on any atom is -0.478 e. The number of hydrogen-bond acceptors (Lipinski definition) is 4. The quantitative estimate of drug-likeness (QED) is 0.747. The van der Waals surface area contributed by atoms with Crippen molar-refractivity contribution in [1.82, 2.24) is 19.7 Å². The zero-order chi connectivity index (χ0) is 17.8. The highest BCUT2D eigenvalue weighted by atomic mass is 19.1. The van der Waals surface area contributed by atoms with E-state index in [0.717, 1.165) is 11.3 Å². The normalized spacial score (nSPS) is 11.0. The standard InChI is InChI=1S/C18H17FN4O2/c1-22(12-17-16(18(24)25)3-2-8-20-17)10-13-9-21-23(11-13)15-6-4-14(19)5-7-15/h2-9,11H,10,12H2,1H3,(H,24,25). The molecule has 3 rings (SSSR count). The molecule has 7 heteroatoms. The lowest BCUT2D eigenvalue weighted by Gasteiger charge is -2.16. The maximum absolute atomic E-state index is 13.0. The molecule has 1 N–H and O–H groups in total. The largest absolute Gasteiger partial charge is 0.478 e. The SMILES string of the molecule is CN(Cc1cnn(-c2ccc(F)cc2)c1)Cc1ncccc1C(=O)O. The number of benzene rings is 1. The highest BCUT2D eigenvalue weighted by molar-refractivity contribution is 5.88. The van der Waals surface area contributed by atoms with Crippen LogP contribution in [0.25, 0.3) is 5.69 Å². The lowest BCUT2D eigenvalue weighted by atomic mass is 10.2. The van der Waals surface area contributed by atoms with E-state index < -0.39 is 5.97 Å². The molecule has 2 heterocycles. The number of carboxylic acid groups (broad SMARTS) is 1. The molecule has 25 heavy (non-hydrogen) atoms. The zero-order valence-electron chi connectivity index (χ0n) is 13.6. The highest BCUT2D eigenvalue weighted by Crippen LogP contribution is 2.13. The number of halogens is 1. The van der Waals surface area contributed by atoms with E-state index in [9.17, 15) is 14.3 Å². The molecule has 6 nitrogen and oxygen atoms in total. The molecule has 3 aromatic rings. The van der Waals surface area contributed by atoms with Crippen molar-refractivity contribution in [3.8, 4) is 5.69 Å². The Morgan fingerprint density at radius 2 is 2.00 bits per heavy atom. The van der Waals surface area contributed by atoms with Gasteiger partial charge < -0.3 is 5.11 Å². The number of nitrogens with zero attached hydrogens (tertiary/aromatic N) is 4. The Hall–Kier alpha value is -3.06. The van der Waals surface area contributed by atoms with Gasteiger partial charge in [0, 0.05) is 31.0 Å². The molecule has 0 amide bonds. The minimum atomic E-state index is -0.986. The summed E-state index contributed by atoms with van der Waals surface area (Å²) < 4.78 is 14.7. The summed E-state index contributed by atoms with van der Waals surface area (Å²) in [4.78, 5) is 17.4. The lowest BCUT2D eigenvalue weighted by Crippen LogP contribution is -2.19. The third-order valence-electron chi connectivity index (χ3n) is 3.72. The molecule has 0 fully saturated rings. The molecular formula is C18H17FN4O2. The van der Waals surface area contributed by atoms with Crippen LogP contribution in [0, 0.1) is 5.82 Å². The molecule has 0 spiro atoms. The summed E-state index contributed by atoms with van der Waals surface area (Å²) in [5.74, 6) is -1.28. The first-order valence-corrected chi connectivity index (χ1v) is 7.68. The summed E-state index contributed by atoms with van der Waals surface area (Å²) in [5.41, 5.74) is 2.45. The van der Waals surface area contributed by atoms with Crippen molar-refractivity contribution in [1.29, 1.82) is 0 Å². The van der Waals surface area contributed by atoms with Gasteiger partial charge >= 0.3 is 5.97 Å². The van der Waals surface area contributed by atoms with E-state index in [1.165, 1.54) is 12.1 Å². The van der Waals surface area contributed by atoms with Crippen molar-refractivity contribution in [2.75, 3.05) is 7.05 Å². The Kier molecular flexibility index (Phi) is 4.85. The Balaban J connectivity index is 1.69.